The second kappa shape index (κ2) is 11.8. The maximum Gasteiger partial charge on any atom is 0.239 e. The molecule has 0 aliphatic heterocycles. The molecule has 0 spiro atoms. The third kappa shape index (κ3) is 10.4. The van der Waals surface area contributed by atoms with Gasteiger partial charge >= 0.3 is 0 Å². The van der Waals surface area contributed by atoms with E-state index in [0.717, 1.165) is 19.4 Å². The standard InChI is InChI=1S/C11H26N6O2/c12-7-15-5-2-1-3-9(11(14)19)17-10(18)4-6-16-8-13/h9,15-16H,1-8,12-13H2,(H2,14,19)(H,17,18). The first-order chi connectivity index (χ1) is 9.11. The average molecular weight is 274 g/mol. The van der Waals surface area contributed by atoms with E-state index in [1.165, 1.54) is 0 Å². The van der Waals surface area contributed by atoms with E-state index in [9.17, 15) is 9.59 Å². The number of carbonyl (C=O) groups is 2. The molecule has 0 bridgehead atoms. The van der Waals surface area contributed by atoms with Gasteiger partial charge in [0.2, 0.25) is 11.8 Å². The fraction of sp³-hybridized carbons (Fsp3) is 0.818. The molecule has 8 heteroatoms. The van der Waals surface area contributed by atoms with Crippen molar-refractivity contribution in [1.29, 1.82) is 0 Å². The predicted octanol–water partition coefficient (Wildman–Crippen LogP) is -2.47. The fourth-order valence-electron chi connectivity index (χ4n) is 1.56. The van der Waals surface area contributed by atoms with Crippen molar-refractivity contribution < 1.29 is 9.59 Å². The summed E-state index contributed by atoms with van der Waals surface area (Å²) >= 11 is 0. The summed E-state index contributed by atoms with van der Waals surface area (Å²) in [5.41, 5.74) is 15.8. The first kappa shape index (κ1) is 17.8. The second-order valence-corrected chi connectivity index (χ2v) is 4.18. The van der Waals surface area contributed by atoms with Gasteiger partial charge in [-0.2, -0.15) is 0 Å². The molecule has 0 saturated heterocycles. The van der Waals surface area contributed by atoms with Crippen molar-refractivity contribution in [3.05, 3.63) is 0 Å². The van der Waals surface area contributed by atoms with Crippen LogP contribution in [0.3, 0.4) is 0 Å². The Hall–Kier alpha value is -1.22. The lowest BCUT2D eigenvalue weighted by Crippen LogP contribution is -2.45. The van der Waals surface area contributed by atoms with E-state index < -0.39 is 11.9 Å². The van der Waals surface area contributed by atoms with E-state index in [0.29, 0.717) is 26.3 Å². The van der Waals surface area contributed by atoms with Crippen LogP contribution >= 0.6 is 0 Å². The summed E-state index contributed by atoms with van der Waals surface area (Å²) in [6, 6.07) is -0.608. The van der Waals surface area contributed by atoms with Gasteiger partial charge in [-0.25, -0.2) is 0 Å². The van der Waals surface area contributed by atoms with Crippen LogP contribution in [0.5, 0.6) is 0 Å². The Kier molecular flexibility index (Phi) is 11.1. The number of primary amides is 1. The zero-order valence-corrected chi connectivity index (χ0v) is 11.3. The number of nitrogens with two attached hydrogens (primary N) is 3. The Morgan fingerprint density at radius 2 is 1.63 bits per heavy atom. The molecule has 0 fully saturated rings. The molecule has 9 N–H and O–H groups in total. The Morgan fingerprint density at radius 3 is 2.21 bits per heavy atom. The van der Waals surface area contributed by atoms with Gasteiger partial charge in [-0.15, -0.1) is 0 Å². The summed E-state index contributed by atoms with van der Waals surface area (Å²) in [6.45, 7) is 2.02. The monoisotopic (exact) mass is 274 g/mol. The zero-order valence-electron chi connectivity index (χ0n) is 11.3. The second-order valence-electron chi connectivity index (χ2n) is 4.18. The van der Waals surface area contributed by atoms with Gasteiger partial charge < -0.3 is 33.2 Å². The van der Waals surface area contributed by atoms with E-state index in [1.807, 2.05) is 0 Å². The number of amides is 2. The lowest BCUT2D eigenvalue weighted by molar-refractivity contribution is -0.127. The molecule has 19 heavy (non-hydrogen) atoms. The smallest absolute Gasteiger partial charge is 0.239 e. The lowest BCUT2D eigenvalue weighted by Gasteiger charge is -2.15. The molecule has 1 atom stereocenters. The fourth-order valence-corrected chi connectivity index (χ4v) is 1.56. The summed E-state index contributed by atoms with van der Waals surface area (Å²) in [7, 11) is 0. The summed E-state index contributed by atoms with van der Waals surface area (Å²) in [5, 5.41) is 8.44. The molecule has 0 aromatic rings. The number of rotatable bonds is 12. The van der Waals surface area contributed by atoms with Crippen LogP contribution in [0.15, 0.2) is 0 Å². The largest absolute Gasteiger partial charge is 0.368 e. The highest BCUT2D eigenvalue weighted by atomic mass is 16.2. The summed E-state index contributed by atoms with van der Waals surface area (Å²) in [5.74, 6) is -0.711. The molecule has 2 amide bonds. The van der Waals surface area contributed by atoms with E-state index in [2.05, 4.69) is 16.0 Å². The van der Waals surface area contributed by atoms with E-state index in [1.54, 1.807) is 0 Å². The highest BCUT2D eigenvalue weighted by molar-refractivity contribution is 5.86. The predicted molar refractivity (Wildman–Crippen MR) is 73.7 cm³/mol. The Morgan fingerprint density at radius 1 is 1.00 bits per heavy atom. The van der Waals surface area contributed by atoms with Crippen LogP contribution in [0, 0.1) is 0 Å². The average Bonchev–Trinajstić information content (AvgIpc) is 2.37. The Labute approximate surface area is 113 Å². The van der Waals surface area contributed by atoms with Crippen LogP contribution in [0.2, 0.25) is 0 Å². The Bertz CT molecular complexity index is 262. The lowest BCUT2D eigenvalue weighted by atomic mass is 10.1. The molecule has 0 heterocycles. The topological polar surface area (TPSA) is 148 Å². The zero-order chi connectivity index (χ0) is 14.5. The van der Waals surface area contributed by atoms with Gasteiger partial charge in [0.05, 0.1) is 0 Å². The third-order valence-corrected chi connectivity index (χ3v) is 2.59. The van der Waals surface area contributed by atoms with Crippen molar-refractivity contribution in [3.8, 4) is 0 Å². The van der Waals surface area contributed by atoms with Crippen molar-refractivity contribution in [3.63, 3.8) is 0 Å². The molecular formula is C11H26N6O2. The van der Waals surface area contributed by atoms with E-state index in [-0.39, 0.29) is 12.3 Å². The van der Waals surface area contributed by atoms with Crippen molar-refractivity contribution in [1.82, 2.24) is 16.0 Å². The van der Waals surface area contributed by atoms with Gasteiger partial charge in [0, 0.05) is 26.3 Å². The molecule has 0 aliphatic rings. The molecule has 1 unspecified atom stereocenters. The summed E-state index contributed by atoms with van der Waals surface area (Å²) < 4.78 is 0. The highest BCUT2D eigenvalue weighted by Crippen LogP contribution is 2.00. The van der Waals surface area contributed by atoms with Gasteiger partial charge in [0.15, 0.2) is 0 Å². The quantitative estimate of drug-likeness (QED) is 0.171. The molecule has 0 saturated carbocycles. The van der Waals surface area contributed by atoms with Crippen molar-refractivity contribution in [2.45, 2.75) is 31.7 Å². The SMILES string of the molecule is NCNCCCCC(NC(=O)CCNCN)C(N)=O. The molecule has 0 radical (unpaired) electrons. The van der Waals surface area contributed by atoms with Gasteiger partial charge in [-0.3, -0.25) is 9.59 Å². The molecule has 0 aromatic carbocycles. The van der Waals surface area contributed by atoms with Crippen LogP contribution in [-0.2, 0) is 9.59 Å². The van der Waals surface area contributed by atoms with Gasteiger partial charge in [-0.05, 0) is 25.8 Å². The number of hydrogen-bond acceptors (Lipinski definition) is 6. The maximum absolute atomic E-state index is 11.5. The van der Waals surface area contributed by atoms with Crippen LogP contribution in [-0.4, -0.2) is 44.3 Å². The molecule has 112 valence electrons. The first-order valence-corrected chi connectivity index (χ1v) is 6.52. The third-order valence-electron chi connectivity index (χ3n) is 2.59. The number of carbonyl (C=O) groups excluding carboxylic acids is 2. The first-order valence-electron chi connectivity index (χ1n) is 6.52. The normalized spacial score (nSPS) is 12.1. The summed E-state index contributed by atoms with van der Waals surface area (Å²) in [6.07, 6.45) is 2.49. The van der Waals surface area contributed by atoms with Crippen LogP contribution in [0.25, 0.3) is 0 Å². The van der Waals surface area contributed by atoms with Crippen molar-refractivity contribution in [2.75, 3.05) is 26.4 Å². The van der Waals surface area contributed by atoms with Crippen molar-refractivity contribution in [2.24, 2.45) is 17.2 Å². The molecule has 8 nitrogen and oxygen atoms in total. The van der Waals surface area contributed by atoms with E-state index >= 15 is 0 Å². The van der Waals surface area contributed by atoms with E-state index in [4.69, 9.17) is 17.2 Å². The minimum absolute atomic E-state index is 0.204. The van der Waals surface area contributed by atoms with Crippen LogP contribution < -0.4 is 33.2 Å². The van der Waals surface area contributed by atoms with Crippen molar-refractivity contribution >= 4 is 11.8 Å². The summed E-state index contributed by atoms with van der Waals surface area (Å²) in [4.78, 5) is 22.8. The number of unbranched alkanes of at least 4 members (excludes halogenated alkanes) is 1. The molecule has 0 aromatic heterocycles. The number of hydrogen-bond donors (Lipinski definition) is 6. The molecule has 0 aliphatic carbocycles. The molecule has 0 rings (SSSR count). The minimum atomic E-state index is -0.608. The van der Waals surface area contributed by atoms with Gasteiger partial charge in [0.25, 0.3) is 0 Å². The van der Waals surface area contributed by atoms with Gasteiger partial charge in [-0.1, -0.05) is 0 Å². The maximum atomic E-state index is 11.5. The number of nitrogens with one attached hydrogen (secondary N) is 3. The van der Waals surface area contributed by atoms with Crippen LogP contribution in [0.1, 0.15) is 25.7 Å². The minimum Gasteiger partial charge on any atom is -0.368 e. The molecular weight excluding hydrogens is 248 g/mol. The Balaban J connectivity index is 3.85. The van der Waals surface area contributed by atoms with Gasteiger partial charge in [0.1, 0.15) is 6.04 Å². The van der Waals surface area contributed by atoms with Crippen LogP contribution in [0.4, 0.5) is 0 Å². The highest BCUT2D eigenvalue weighted by Gasteiger charge is 2.16.